The largest absolute Gasteiger partial charge is 1.00 e. The van der Waals surface area contributed by atoms with Gasteiger partial charge in [0.25, 0.3) is 10.2 Å². The SMILES string of the molecule is COCCn1cc(N(C2CCOCC2)S(=O)(=O)[N-]C(=O)Nc2c3c(cc4c2CCC4)CCC3)cn1.[Na+]. The van der Waals surface area contributed by atoms with Gasteiger partial charge in [0.2, 0.25) is 0 Å². The molecule has 1 aromatic heterocycles. The number of aryl methyl sites for hydroxylation is 2. The number of aromatic nitrogens is 2. The van der Waals surface area contributed by atoms with Crippen LogP contribution in [0.1, 0.15) is 47.9 Å². The van der Waals surface area contributed by atoms with Gasteiger partial charge in [0.1, 0.15) is 0 Å². The van der Waals surface area contributed by atoms with Gasteiger partial charge < -0.3 is 19.5 Å². The van der Waals surface area contributed by atoms with Gasteiger partial charge in [-0.25, -0.2) is 8.42 Å². The molecule has 0 spiro atoms. The summed E-state index contributed by atoms with van der Waals surface area (Å²) in [6.45, 7) is 1.83. The molecule has 2 aliphatic carbocycles. The van der Waals surface area contributed by atoms with Crippen LogP contribution in [0.5, 0.6) is 0 Å². The van der Waals surface area contributed by atoms with Gasteiger partial charge >= 0.3 is 29.6 Å². The summed E-state index contributed by atoms with van der Waals surface area (Å²) in [6, 6.07) is 1.04. The van der Waals surface area contributed by atoms with Crippen LogP contribution in [0.2, 0.25) is 0 Å². The molecule has 1 aromatic carbocycles. The molecular weight excluding hydrogens is 493 g/mol. The Kier molecular flexibility index (Phi) is 9.00. The van der Waals surface area contributed by atoms with E-state index in [4.69, 9.17) is 9.47 Å². The van der Waals surface area contributed by atoms with Crippen LogP contribution in [0.4, 0.5) is 16.2 Å². The third kappa shape index (κ3) is 5.76. The van der Waals surface area contributed by atoms with Crippen LogP contribution in [-0.4, -0.2) is 57.2 Å². The zero-order valence-electron chi connectivity index (χ0n) is 21.0. The molecule has 1 aliphatic heterocycles. The number of ether oxygens (including phenoxy) is 2. The number of methoxy groups -OCH3 is 1. The predicted molar refractivity (Wildman–Crippen MR) is 132 cm³/mol. The van der Waals surface area contributed by atoms with Gasteiger partial charge in [-0.1, -0.05) is 6.07 Å². The van der Waals surface area contributed by atoms with Crippen LogP contribution >= 0.6 is 0 Å². The molecule has 2 heterocycles. The molecule has 12 heteroatoms. The normalized spacial score (nSPS) is 17.2. The van der Waals surface area contributed by atoms with E-state index < -0.39 is 16.2 Å². The van der Waals surface area contributed by atoms with Crippen molar-refractivity contribution in [2.75, 3.05) is 36.6 Å². The van der Waals surface area contributed by atoms with E-state index in [0.717, 1.165) is 55.3 Å². The second kappa shape index (κ2) is 11.8. The summed E-state index contributed by atoms with van der Waals surface area (Å²) in [6.07, 6.45) is 10.0. The molecule has 5 rings (SSSR count). The van der Waals surface area contributed by atoms with E-state index >= 15 is 0 Å². The number of nitrogens with zero attached hydrogens (tertiary/aromatic N) is 4. The number of carbonyl (C=O) groups excluding carboxylic acids is 1. The Balaban J connectivity index is 0.00000304. The number of urea groups is 1. The molecule has 2 amide bonds. The molecule has 0 bridgehead atoms. The Labute approximate surface area is 234 Å². The topological polar surface area (TPSA) is 117 Å². The van der Waals surface area contributed by atoms with E-state index in [9.17, 15) is 13.2 Å². The molecule has 36 heavy (non-hydrogen) atoms. The number of nitrogens with one attached hydrogen (secondary N) is 1. The van der Waals surface area contributed by atoms with E-state index in [1.165, 1.54) is 21.6 Å². The second-order valence-corrected chi connectivity index (χ2v) is 10.8. The Morgan fingerprint density at radius 1 is 1.19 bits per heavy atom. The molecule has 3 aliphatic rings. The first-order valence-corrected chi connectivity index (χ1v) is 13.7. The van der Waals surface area contributed by atoms with Crippen molar-refractivity contribution in [3.8, 4) is 0 Å². The van der Waals surface area contributed by atoms with Gasteiger partial charge in [0.15, 0.2) is 6.03 Å². The van der Waals surface area contributed by atoms with E-state index in [-0.39, 0.29) is 35.6 Å². The Hall–Kier alpha value is -1.63. The average molecular weight is 526 g/mol. The van der Waals surface area contributed by atoms with Crippen LogP contribution in [0.15, 0.2) is 18.5 Å². The number of rotatable bonds is 8. The summed E-state index contributed by atoms with van der Waals surface area (Å²) >= 11 is 0. The Morgan fingerprint density at radius 3 is 2.50 bits per heavy atom. The summed E-state index contributed by atoms with van der Waals surface area (Å²) in [5.74, 6) is 0. The number of hydrogen-bond acceptors (Lipinski definition) is 6. The van der Waals surface area contributed by atoms with E-state index in [2.05, 4.69) is 21.2 Å². The molecule has 1 saturated heterocycles. The summed E-state index contributed by atoms with van der Waals surface area (Å²) in [7, 11) is -2.73. The molecule has 0 unspecified atom stereocenters. The maximum Gasteiger partial charge on any atom is 1.00 e. The second-order valence-electron chi connectivity index (χ2n) is 9.33. The summed E-state index contributed by atoms with van der Waals surface area (Å²) in [4.78, 5) is 13.0. The van der Waals surface area contributed by atoms with Crippen LogP contribution in [0.25, 0.3) is 4.72 Å². The molecular formula is C24H32N5NaO5S. The van der Waals surface area contributed by atoms with Crippen molar-refractivity contribution in [1.82, 2.24) is 9.78 Å². The van der Waals surface area contributed by atoms with E-state index in [0.29, 0.717) is 44.9 Å². The molecule has 2 aromatic rings. The summed E-state index contributed by atoms with van der Waals surface area (Å²) < 4.78 is 44.1. The molecule has 0 atom stereocenters. The molecule has 0 radical (unpaired) electrons. The van der Waals surface area contributed by atoms with Crippen molar-refractivity contribution in [2.24, 2.45) is 0 Å². The predicted octanol–water partition coefficient (Wildman–Crippen LogP) is 0.347. The van der Waals surface area contributed by atoms with Crippen molar-refractivity contribution in [2.45, 2.75) is 64.0 Å². The van der Waals surface area contributed by atoms with Crippen LogP contribution < -0.4 is 39.2 Å². The van der Waals surface area contributed by atoms with E-state index in [1.807, 2.05) is 0 Å². The van der Waals surface area contributed by atoms with Crippen molar-refractivity contribution >= 4 is 27.6 Å². The first-order valence-electron chi connectivity index (χ1n) is 12.3. The number of fused-ring (bicyclic) bond motifs is 2. The first-order chi connectivity index (χ1) is 17.0. The third-order valence-electron chi connectivity index (χ3n) is 7.07. The van der Waals surface area contributed by atoms with Crippen LogP contribution in [0, 0.1) is 0 Å². The minimum Gasteiger partial charge on any atom is -0.423 e. The van der Waals surface area contributed by atoms with Gasteiger partial charge in [-0.15, -0.1) is 0 Å². The van der Waals surface area contributed by atoms with Crippen LogP contribution in [-0.2, 0) is 51.9 Å². The quantitative estimate of drug-likeness (QED) is 0.497. The van der Waals surface area contributed by atoms with Crippen molar-refractivity contribution in [3.05, 3.63) is 45.4 Å². The average Bonchev–Trinajstić information content (AvgIpc) is 3.59. The molecule has 1 N–H and O–H groups in total. The summed E-state index contributed by atoms with van der Waals surface area (Å²) in [5.41, 5.74) is 5.94. The summed E-state index contributed by atoms with van der Waals surface area (Å²) in [5, 5.41) is 7.13. The number of anilines is 2. The smallest absolute Gasteiger partial charge is 0.423 e. The van der Waals surface area contributed by atoms with Crippen molar-refractivity contribution in [1.29, 1.82) is 0 Å². The minimum atomic E-state index is -4.32. The zero-order chi connectivity index (χ0) is 24.4. The first kappa shape index (κ1) is 27.4. The monoisotopic (exact) mass is 525 g/mol. The van der Waals surface area contributed by atoms with Gasteiger partial charge in [-0.05, 0) is 79.3 Å². The maximum atomic E-state index is 13.5. The van der Waals surface area contributed by atoms with Gasteiger partial charge in [0.05, 0.1) is 25.0 Å². The maximum absolute atomic E-state index is 13.5. The van der Waals surface area contributed by atoms with Crippen LogP contribution in [0.3, 0.4) is 0 Å². The molecule has 10 nitrogen and oxygen atoms in total. The third-order valence-corrected chi connectivity index (χ3v) is 8.48. The molecule has 0 saturated carbocycles. The van der Waals surface area contributed by atoms with Crippen molar-refractivity contribution < 1.29 is 52.2 Å². The Bertz CT molecular complexity index is 1160. The fourth-order valence-electron chi connectivity index (χ4n) is 5.47. The van der Waals surface area contributed by atoms with Gasteiger partial charge in [0, 0.05) is 32.6 Å². The number of benzene rings is 1. The number of carbonyl (C=O) groups is 1. The zero-order valence-corrected chi connectivity index (χ0v) is 23.8. The Morgan fingerprint density at radius 2 is 1.86 bits per heavy atom. The number of hydrogen-bond donors (Lipinski definition) is 1. The number of amides is 2. The van der Waals surface area contributed by atoms with Gasteiger partial charge in [-0.3, -0.25) is 13.8 Å². The standard InChI is InChI=1S/C24H33N5O5S.Na/c1-33-13-10-28-16-20(15-25-28)29(19-8-11-34-12-9-19)35(31,32)27-24(30)26-23-21-6-2-4-17(21)14-18-5-3-7-22(18)23;/h14-16,19H,2-13H2,1H3,(H2,26,27,30);/q;+1/p-1. The van der Waals surface area contributed by atoms with E-state index in [1.54, 1.807) is 18.0 Å². The molecule has 190 valence electrons. The van der Waals surface area contributed by atoms with Crippen molar-refractivity contribution in [3.63, 3.8) is 0 Å². The molecule has 1 fully saturated rings. The minimum absolute atomic E-state index is 0. The fourth-order valence-corrected chi connectivity index (χ4v) is 6.76. The van der Waals surface area contributed by atoms with Gasteiger partial charge in [-0.2, -0.15) is 5.10 Å². The fraction of sp³-hybridized carbons (Fsp3) is 0.583.